The Kier molecular flexibility index (Phi) is 3.62. The summed E-state index contributed by atoms with van der Waals surface area (Å²) in [4.78, 5) is 4.26. The number of nitrogens with one attached hydrogen (secondary N) is 1. The molecule has 2 saturated heterocycles. The lowest BCUT2D eigenvalue weighted by Crippen LogP contribution is -2.32. The Hall–Kier alpha value is -0.880. The van der Waals surface area contributed by atoms with Crippen molar-refractivity contribution < 1.29 is 8.42 Å². The van der Waals surface area contributed by atoms with E-state index in [1.165, 1.54) is 12.1 Å². The van der Waals surface area contributed by atoms with E-state index in [9.17, 15) is 8.42 Å². The molecule has 3 rings (SSSR count). The van der Waals surface area contributed by atoms with Crippen LogP contribution in [0.2, 0.25) is 0 Å². The summed E-state index contributed by atoms with van der Waals surface area (Å²) in [5.74, 6) is 1.09. The van der Waals surface area contributed by atoms with Crippen molar-refractivity contribution in [3.63, 3.8) is 0 Å². The molecule has 0 saturated carbocycles. The number of piperidine rings is 1. The van der Waals surface area contributed by atoms with Gasteiger partial charge in [0.05, 0.1) is 17.8 Å². The van der Waals surface area contributed by atoms with E-state index in [1.54, 1.807) is 0 Å². The van der Waals surface area contributed by atoms with Crippen LogP contribution < -0.4 is 5.32 Å². The zero-order valence-corrected chi connectivity index (χ0v) is 11.9. The molecule has 1 aromatic rings. The molecule has 2 unspecified atom stereocenters. The summed E-state index contributed by atoms with van der Waals surface area (Å²) in [6, 6.07) is 0.0816. The fourth-order valence-electron chi connectivity index (χ4n) is 3.26. The maximum absolute atomic E-state index is 11.8. The maximum atomic E-state index is 11.8. The Labute approximate surface area is 114 Å². The van der Waals surface area contributed by atoms with Crippen molar-refractivity contribution in [1.29, 1.82) is 0 Å². The van der Waals surface area contributed by atoms with Crippen LogP contribution >= 0.6 is 0 Å². The van der Waals surface area contributed by atoms with Crippen molar-refractivity contribution >= 4 is 9.84 Å². The van der Waals surface area contributed by atoms with E-state index in [4.69, 9.17) is 0 Å². The fourth-order valence-corrected chi connectivity index (χ4v) is 4.95. The molecule has 106 valence electrons. The van der Waals surface area contributed by atoms with E-state index < -0.39 is 9.84 Å². The number of hydrogen-bond donors (Lipinski definition) is 1. The monoisotopic (exact) mass is 283 g/mol. The second-order valence-electron chi connectivity index (χ2n) is 5.68. The third kappa shape index (κ3) is 2.84. The highest BCUT2D eigenvalue weighted by Crippen LogP contribution is 2.29. The topological polar surface area (TPSA) is 64.0 Å². The minimum Gasteiger partial charge on any atom is -0.330 e. The Bertz CT molecular complexity index is 532. The average molecular weight is 283 g/mol. The van der Waals surface area contributed by atoms with E-state index in [0.29, 0.717) is 11.7 Å². The first-order valence-corrected chi connectivity index (χ1v) is 8.91. The molecule has 2 fully saturated rings. The summed E-state index contributed by atoms with van der Waals surface area (Å²) < 4.78 is 25.7. The standard InChI is InChI=1S/C13H21N3O2S/c17-19(18)6-2-4-12(9-19)16-10-15-8-13(16)11-3-1-5-14-7-11/h8,10-12,14H,1-7,9H2. The molecule has 0 spiro atoms. The average Bonchev–Trinajstić information content (AvgIpc) is 2.88. The first-order valence-electron chi connectivity index (χ1n) is 7.08. The molecule has 2 atom stereocenters. The van der Waals surface area contributed by atoms with E-state index >= 15 is 0 Å². The van der Waals surface area contributed by atoms with E-state index in [-0.39, 0.29) is 11.8 Å². The molecule has 0 radical (unpaired) electrons. The van der Waals surface area contributed by atoms with Crippen LogP contribution in [0.1, 0.15) is 43.3 Å². The maximum Gasteiger partial charge on any atom is 0.152 e. The molecule has 0 amide bonds. The van der Waals surface area contributed by atoms with Gasteiger partial charge in [-0.2, -0.15) is 0 Å². The number of sulfone groups is 1. The SMILES string of the molecule is O=S1(=O)CCCC(n2cncc2C2CCCNC2)C1. The second kappa shape index (κ2) is 5.25. The Balaban J connectivity index is 1.83. The van der Waals surface area contributed by atoms with Gasteiger partial charge in [0.25, 0.3) is 0 Å². The van der Waals surface area contributed by atoms with Crippen molar-refractivity contribution in [3.05, 3.63) is 18.2 Å². The summed E-state index contributed by atoms with van der Waals surface area (Å²) in [5, 5.41) is 3.41. The molecular weight excluding hydrogens is 262 g/mol. The minimum atomic E-state index is -2.87. The second-order valence-corrected chi connectivity index (χ2v) is 7.91. The highest BCUT2D eigenvalue weighted by Gasteiger charge is 2.29. The lowest BCUT2D eigenvalue weighted by atomic mass is 9.96. The van der Waals surface area contributed by atoms with Gasteiger partial charge in [-0.3, -0.25) is 0 Å². The normalized spacial score (nSPS) is 31.2. The van der Waals surface area contributed by atoms with E-state index in [2.05, 4.69) is 14.9 Å². The van der Waals surface area contributed by atoms with Crippen molar-refractivity contribution in [2.45, 2.75) is 37.6 Å². The zero-order chi connectivity index (χ0) is 13.3. The van der Waals surface area contributed by atoms with Gasteiger partial charge in [0.1, 0.15) is 0 Å². The van der Waals surface area contributed by atoms with Gasteiger partial charge in [-0.1, -0.05) is 0 Å². The summed E-state index contributed by atoms with van der Waals surface area (Å²) in [5.41, 5.74) is 1.20. The summed E-state index contributed by atoms with van der Waals surface area (Å²) in [6.45, 7) is 2.06. The molecule has 2 aliphatic heterocycles. The molecule has 0 aliphatic carbocycles. The zero-order valence-electron chi connectivity index (χ0n) is 11.1. The summed E-state index contributed by atoms with van der Waals surface area (Å²) in [6.07, 6.45) is 7.79. The number of aromatic nitrogens is 2. The highest BCUT2D eigenvalue weighted by atomic mass is 32.2. The van der Waals surface area contributed by atoms with Gasteiger partial charge in [0.15, 0.2) is 9.84 Å². The molecule has 0 bridgehead atoms. The summed E-state index contributed by atoms with van der Waals surface area (Å²) >= 11 is 0. The highest BCUT2D eigenvalue weighted by molar-refractivity contribution is 7.91. The predicted molar refractivity (Wildman–Crippen MR) is 74.0 cm³/mol. The largest absolute Gasteiger partial charge is 0.330 e. The first-order chi connectivity index (χ1) is 9.16. The Morgan fingerprint density at radius 3 is 2.95 bits per heavy atom. The van der Waals surface area contributed by atoms with Crippen LogP contribution in [0.15, 0.2) is 12.5 Å². The van der Waals surface area contributed by atoms with E-state index in [1.807, 2.05) is 12.5 Å². The van der Waals surface area contributed by atoms with Gasteiger partial charge in [-0.05, 0) is 32.2 Å². The molecule has 3 heterocycles. The van der Waals surface area contributed by atoms with Crippen LogP contribution in [-0.2, 0) is 9.84 Å². The van der Waals surface area contributed by atoms with Crippen LogP contribution in [0.4, 0.5) is 0 Å². The fraction of sp³-hybridized carbons (Fsp3) is 0.769. The molecule has 1 aromatic heterocycles. The number of hydrogen-bond acceptors (Lipinski definition) is 4. The molecule has 1 N–H and O–H groups in total. The smallest absolute Gasteiger partial charge is 0.152 e. The third-order valence-corrected chi connectivity index (χ3v) is 6.05. The van der Waals surface area contributed by atoms with Crippen molar-refractivity contribution in [2.24, 2.45) is 0 Å². The van der Waals surface area contributed by atoms with Crippen LogP contribution in [0.3, 0.4) is 0 Å². The minimum absolute atomic E-state index is 0.0816. The molecule has 19 heavy (non-hydrogen) atoms. The third-order valence-electron chi connectivity index (χ3n) is 4.24. The van der Waals surface area contributed by atoms with Crippen molar-refractivity contribution in [2.75, 3.05) is 24.6 Å². The van der Waals surface area contributed by atoms with Gasteiger partial charge >= 0.3 is 0 Å². The lowest BCUT2D eigenvalue weighted by molar-refractivity contribution is 0.408. The van der Waals surface area contributed by atoms with Crippen molar-refractivity contribution in [1.82, 2.24) is 14.9 Å². The number of nitrogens with zero attached hydrogens (tertiary/aromatic N) is 2. The molecule has 2 aliphatic rings. The quantitative estimate of drug-likeness (QED) is 0.883. The van der Waals surface area contributed by atoms with Gasteiger partial charge < -0.3 is 9.88 Å². The first kappa shape index (κ1) is 13.1. The number of rotatable bonds is 2. The van der Waals surface area contributed by atoms with Gasteiger partial charge in [0.2, 0.25) is 0 Å². The van der Waals surface area contributed by atoms with Crippen LogP contribution in [0.5, 0.6) is 0 Å². The van der Waals surface area contributed by atoms with Gasteiger partial charge in [0, 0.05) is 30.4 Å². The van der Waals surface area contributed by atoms with Gasteiger partial charge in [-0.25, -0.2) is 13.4 Å². The molecule has 5 nitrogen and oxygen atoms in total. The summed E-state index contributed by atoms with van der Waals surface area (Å²) in [7, 11) is -2.87. The molecular formula is C13H21N3O2S. The Morgan fingerprint density at radius 1 is 1.32 bits per heavy atom. The molecule has 0 aromatic carbocycles. The van der Waals surface area contributed by atoms with Crippen LogP contribution in [0, 0.1) is 0 Å². The van der Waals surface area contributed by atoms with Crippen LogP contribution in [-0.4, -0.2) is 42.6 Å². The predicted octanol–water partition coefficient (Wildman–Crippen LogP) is 1.10. The number of imidazole rings is 1. The molecule has 6 heteroatoms. The Morgan fingerprint density at radius 2 is 2.21 bits per heavy atom. The van der Waals surface area contributed by atoms with Crippen LogP contribution in [0.25, 0.3) is 0 Å². The van der Waals surface area contributed by atoms with E-state index in [0.717, 1.165) is 32.4 Å². The van der Waals surface area contributed by atoms with Gasteiger partial charge in [-0.15, -0.1) is 0 Å². The lowest BCUT2D eigenvalue weighted by Gasteiger charge is -2.29. The van der Waals surface area contributed by atoms with Crippen molar-refractivity contribution in [3.8, 4) is 0 Å².